The number of allylic oxidation sites excluding steroid dienone is 1. The van der Waals surface area contributed by atoms with Crippen LogP contribution in [0.5, 0.6) is 46.0 Å². The molecule has 0 radical (unpaired) electrons. The summed E-state index contributed by atoms with van der Waals surface area (Å²) in [5, 5.41) is 6.56. The lowest BCUT2D eigenvalue weighted by Crippen LogP contribution is -2.20. The Balaban J connectivity index is 0.000000174. The Kier molecular flexibility index (Phi) is 13.3. The van der Waals surface area contributed by atoms with Crippen molar-refractivity contribution in [2.75, 3.05) is 28.4 Å². The molecule has 9 aromatic rings. The number of para-hydroxylation sites is 1. The topological polar surface area (TPSA) is 150 Å². The minimum absolute atomic E-state index is 0.0212. The van der Waals surface area contributed by atoms with E-state index >= 15 is 0 Å². The molecule has 0 aliphatic heterocycles. The number of pyridine rings is 2. The van der Waals surface area contributed by atoms with Crippen molar-refractivity contribution in [2.45, 2.75) is 19.3 Å². The summed E-state index contributed by atoms with van der Waals surface area (Å²) in [4.78, 5) is 47.0. The van der Waals surface area contributed by atoms with Crippen LogP contribution in [0.1, 0.15) is 32.7 Å². The first kappa shape index (κ1) is 46.2. The number of carbonyl (C=O) groups excluding carboxylic acids is 3. The van der Waals surface area contributed by atoms with Gasteiger partial charge in [0.15, 0.2) is 51.9 Å². The molecule has 0 N–H and O–H groups in total. The highest BCUT2D eigenvalue weighted by Crippen LogP contribution is 2.39. The smallest absolute Gasteiger partial charge is 0.188 e. The average Bonchev–Trinajstić information content (AvgIpc) is 3.72. The van der Waals surface area contributed by atoms with Gasteiger partial charge < -0.3 is 28.4 Å². The largest absolute Gasteiger partial charge is 0.493 e. The van der Waals surface area contributed by atoms with E-state index in [1.165, 1.54) is 19.2 Å². The molecule has 6 aromatic carbocycles. The Morgan fingerprint density at radius 2 is 1.16 bits per heavy atom. The van der Waals surface area contributed by atoms with Crippen molar-refractivity contribution in [3.05, 3.63) is 179 Å². The zero-order valence-electron chi connectivity index (χ0n) is 38.8. The van der Waals surface area contributed by atoms with Gasteiger partial charge in [-0.05, 0) is 82.9 Å². The molecule has 1 aliphatic carbocycles. The van der Waals surface area contributed by atoms with Crippen molar-refractivity contribution in [2.24, 2.45) is 7.05 Å². The summed E-state index contributed by atoms with van der Waals surface area (Å²) in [5.41, 5.74) is 6.05. The normalized spacial score (nSPS) is 11.9. The Morgan fingerprint density at radius 1 is 0.586 bits per heavy atom. The number of rotatable bonds is 14. The second kappa shape index (κ2) is 20.1. The minimum Gasteiger partial charge on any atom is -0.493 e. The van der Waals surface area contributed by atoms with Crippen LogP contribution >= 0.6 is 0 Å². The third-order valence-electron chi connectivity index (χ3n) is 11.8. The molecular formula is C56H45FN4O9. The van der Waals surface area contributed by atoms with Crippen LogP contribution in [-0.4, -0.2) is 65.5 Å². The van der Waals surface area contributed by atoms with E-state index < -0.39 is 5.82 Å². The van der Waals surface area contributed by atoms with Crippen LogP contribution in [0.15, 0.2) is 145 Å². The zero-order chi connectivity index (χ0) is 48.9. The fraction of sp³-hybridized carbons (Fsp3) is 0.143. The summed E-state index contributed by atoms with van der Waals surface area (Å²) >= 11 is 0. The molecule has 0 saturated carbocycles. The van der Waals surface area contributed by atoms with Gasteiger partial charge in [-0.1, -0.05) is 60.7 Å². The highest BCUT2D eigenvalue weighted by Gasteiger charge is 2.24. The van der Waals surface area contributed by atoms with Crippen LogP contribution in [0.4, 0.5) is 4.39 Å². The molecule has 0 fully saturated rings. The lowest BCUT2D eigenvalue weighted by Gasteiger charge is -2.15. The number of benzene rings is 6. The maximum absolute atomic E-state index is 15.0. The number of carbonyl (C=O) groups is 3. The van der Waals surface area contributed by atoms with Crippen LogP contribution in [0.2, 0.25) is 0 Å². The molecule has 0 amide bonds. The number of fused-ring (bicyclic) bond motifs is 4. The van der Waals surface area contributed by atoms with Crippen LogP contribution < -0.4 is 28.4 Å². The van der Waals surface area contributed by atoms with Crippen molar-refractivity contribution in [1.82, 2.24) is 19.7 Å². The molecule has 3 heterocycles. The van der Waals surface area contributed by atoms with Gasteiger partial charge in [-0.3, -0.25) is 29.0 Å². The molecule has 350 valence electrons. The highest BCUT2D eigenvalue weighted by molar-refractivity contribution is 6.25. The van der Waals surface area contributed by atoms with Crippen LogP contribution in [-0.2, 0) is 35.9 Å². The molecule has 70 heavy (non-hydrogen) atoms. The first-order valence-corrected chi connectivity index (χ1v) is 22.1. The molecule has 1 aliphatic rings. The number of aromatic nitrogens is 4. The number of ketones is 3. The second-order valence-electron chi connectivity index (χ2n) is 16.2. The molecular weight excluding hydrogens is 892 g/mol. The maximum atomic E-state index is 15.0. The number of hydrogen-bond donors (Lipinski definition) is 0. The van der Waals surface area contributed by atoms with Crippen molar-refractivity contribution < 1.29 is 47.2 Å². The van der Waals surface area contributed by atoms with Gasteiger partial charge in [-0.2, -0.15) is 5.10 Å². The SMILES string of the molecule is COc1cc2nccc(Oc3ccc(CC(=O)C4=Cc5ccccc5CC4=O)cc3)c2cc1OC.COc1cc2nccc(Oc3ccc(CC(=O)c4nn(C)c5ccccc45)cc3F)c2cc1OC. The molecule has 13 nitrogen and oxygen atoms in total. The van der Waals surface area contributed by atoms with Crippen molar-refractivity contribution in [1.29, 1.82) is 0 Å². The standard InChI is InChI=1S/C29H23NO5.C27H22FN3O4/c1-33-28-16-22-24(17-29(28)34-2)30-12-11-27(22)35-21-9-7-18(8-10-21)13-25(31)23-14-19-5-3-4-6-20(19)15-26(23)32;1-31-21-7-5-4-6-17(21)27(30-31)22(32)13-16-8-9-24(19(28)12-16)35-23-10-11-29-20-15-26(34-3)25(33-2)14-18(20)23/h3-12,14,16-17H,13,15H2,1-2H3;4-12,14-15H,13H2,1-3H3. The van der Waals surface area contributed by atoms with Crippen LogP contribution in [0.3, 0.4) is 0 Å². The van der Waals surface area contributed by atoms with E-state index in [9.17, 15) is 18.8 Å². The quantitative estimate of drug-likeness (QED) is 0.0754. The number of nitrogens with zero attached hydrogens (tertiary/aromatic N) is 4. The summed E-state index contributed by atoms with van der Waals surface area (Å²) < 4.78 is 50.1. The van der Waals surface area contributed by atoms with E-state index in [4.69, 9.17) is 28.4 Å². The summed E-state index contributed by atoms with van der Waals surface area (Å²) in [5.74, 6) is 2.83. The minimum atomic E-state index is -0.577. The third-order valence-corrected chi connectivity index (χ3v) is 11.8. The highest BCUT2D eigenvalue weighted by atomic mass is 19.1. The summed E-state index contributed by atoms with van der Waals surface area (Å²) in [7, 11) is 8.03. The number of halogens is 1. The summed E-state index contributed by atoms with van der Waals surface area (Å²) in [6.45, 7) is 0. The molecule has 14 heteroatoms. The molecule has 0 atom stereocenters. The molecule has 0 spiro atoms. The van der Waals surface area contributed by atoms with Crippen molar-refractivity contribution >= 4 is 56.1 Å². The van der Waals surface area contributed by atoms with E-state index in [0.29, 0.717) is 62.4 Å². The van der Waals surface area contributed by atoms with Crippen LogP contribution in [0.25, 0.3) is 38.8 Å². The van der Waals surface area contributed by atoms with Crippen LogP contribution in [0, 0.1) is 5.82 Å². The Labute approximate surface area is 401 Å². The van der Waals surface area contributed by atoms with Gasteiger partial charge in [0.2, 0.25) is 0 Å². The number of aryl methyl sites for hydroxylation is 1. The first-order chi connectivity index (χ1) is 34.0. The van der Waals surface area contributed by atoms with Gasteiger partial charge >= 0.3 is 0 Å². The average molecular weight is 937 g/mol. The van der Waals surface area contributed by atoms with E-state index in [2.05, 4.69) is 15.1 Å². The van der Waals surface area contributed by atoms with E-state index in [-0.39, 0.29) is 47.9 Å². The van der Waals surface area contributed by atoms with E-state index in [1.807, 2.05) is 78.9 Å². The lowest BCUT2D eigenvalue weighted by atomic mass is 9.88. The lowest BCUT2D eigenvalue weighted by molar-refractivity contribution is -0.120. The van der Waals surface area contributed by atoms with Gasteiger partial charge in [0, 0.05) is 67.0 Å². The van der Waals surface area contributed by atoms with Gasteiger partial charge in [0.1, 0.15) is 22.9 Å². The third kappa shape index (κ3) is 9.60. The number of hydrogen-bond acceptors (Lipinski definition) is 12. The molecule has 0 saturated heterocycles. The van der Waals surface area contributed by atoms with Crippen molar-refractivity contribution in [3.8, 4) is 46.0 Å². The maximum Gasteiger partial charge on any atom is 0.188 e. The molecule has 0 unspecified atom stereocenters. The fourth-order valence-corrected chi connectivity index (χ4v) is 8.28. The van der Waals surface area contributed by atoms with Gasteiger partial charge in [0.25, 0.3) is 0 Å². The van der Waals surface area contributed by atoms with Gasteiger partial charge in [-0.25, -0.2) is 4.39 Å². The Morgan fingerprint density at radius 3 is 1.80 bits per heavy atom. The van der Waals surface area contributed by atoms with Gasteiger partial charge in [-0.15, -0.1) is 0 Å². The van der Waals surface area contributed by atoms with E-state index in [0.717, 1.165) is 38.5 Å². The fourth-order valence-electron chi connectivity index (χ4n) is 8.28. The molecule has 3 aromatic heterocycles. The zero-order valence-corrected chi connectivity index (χ0v) is 38.8. The second-order valence-corrected chi connectivity index (χ2v) is 16.2. The summed E-state index contributed by atoms with van der Waals surface area (Å²) in [6.07, 6.45) is 5.38. The monoisotopic (exact) mass is 936 g/mol. The van der Waals surface area contributed by atoms with E-state index in [1.54, 1.807) is 87.9 Å². The Bertz CT molecular complexity index is 3510. The molecule has 0 bridgehead atoms. The number of ether oxygens (including phenoxy) is 6. The number of methoxy groups -OCH3 is 4. The predicted octanol–water partition coefficient (Wildman–Crippen LogP) is 10.9. The Hall–Kier alpha value is -8.91. The molecule has 10 rings (SSSR count). The van der Waals surface area contributed by atoms with Crippen molar-refractivity contribution in [3.63, 3.8) is 0 Å². The predicted molar refractivity (Wildman–Crippen MR) is 263 cm³/mol. The number of Topliss-reactive ketones (excluding diaryl/α,β-unsaturated/α-hetero) is 3. The van der Waals surface area contributed by atoms with Gasteiger partial charge in [0.05, 0.1) is 50.6 Å². The summed E-state index contributed by atoms with van der Waals surface area (Å²) in [6, 6.07) is 37.5. The first-order valence-electron chi connectivity index (χ1n) is 22.1.